The summed E-state index contributed by atoms with van der Waals surface area (Å²) in [6.45, 7) is 1.90. The first-order valence-corrected chi connectivity index (χ1v) is 9.02. The average molecular weight is 341 g/mol. The zero-order chi connectivity index (χ0) is 15.5. The molecular weight excluding hydrogens is 326 g/mol. The largest absolute Gasteiger partial charge is 0.389 e. The van der Waals surface area contributed by atoms with Crippen molar-refractivity contribution in [2.75, 3.05) is 0 Å². The molecule has 0 aliphatic carbocycles. The fraction of sp³-hybridized carbons (Fsp3) is 0.231. The summed E-state index contributed by atoms with van der Waals surface area (Å²) in [6, 6.07) is 5.94. The Bertz CT molecular complexity index is 727. The Hall–Kier alpha value is -1.35. The number of sulfonamides is 1. The molecule has 0 amide bonds. The van der Waals surface area contributed by atoms with Crippen LogP contribution in [-0.4, -0.2) is 18.4 Å². The van der Waals surface area contributed by atoms with Crippen molar-refractivity contribution in [1.82, 2.24) is 9.71 Å². The number of thiazole rings is 1. The zero-order valence-electron chi connectivity index (χ0n) is 11.3. The van der Waals surface area contributed by atoms with Gasteiger partial charge in [0.1, 0.15) is 10.00 Å². The normalized spacial score (nSPS) is 13.0. The van der Waals surface area contributed by atoms with E-state index in [-0.39, 0.29) is 15.9 Å². The van der Waals surface area contributed by atoms with Gasteiger partial charge in [0, 0.05) is 17.1 Å². The lowest BCUT2D eigenvalue weighted by Gasteiger charge is -2.15. The van der Waals surface area contributed by atoms with Gasteiger partial charge >= 0.3 is 0 Å². The summed E-state index contributed by atoms with van der Waals surface area (Å²) >= 11 is 6.30. The standard InChI is InChI=1S/C13H15N3O2S3/c1-2-11(13-15-6-7-20-13)16-21(17,18)10-5-3-4-9(8-10)12(14)19/h3-8,11,16H,2H2,1H3,(H2,14,19). The maximum Gasteiger partial charge on any atom is 0.241 e. The summed E-state index contributed by atoms with van der Waals surface area (Å²) in [5, 5.41) is 2.56. The Kier molecular flexibility index (Phi) is 5.04. The molecular formula is C13H15N3O2S3. The van der Waals surface area contributed by atoms with Gasteiger partial charge in [-0.2, -0.15) is 0 Å². The van der Waals surface area contributed by atoms with Crippen LogP contribution in [0.15, 0.2) is 40.7 Å². The number of aromatic nitrogens is 1. The molecule has 0 bridgehead atoms. The zero-order valence-corrected chi connectivity index (χ0v) is 13.8. The first kappa shape index (κ1) is 16.0. The van der Waals surface area contributed by atoms with E-state index < -0.39 is 10.0 Å². The van der Waals surface area contributed by atoms with Crippen molar-refractivity contribution in [1.29, 1.82) is 0 Å². The van der Waals surface area contributed by atoms with Crippen molar-refractivity contribution in [3.05, 3.63) is 46.4 Å². The van der Waals surface area contributed by atoms with E-state index >= 15 is 0 Å². The number of nitrogens with two attached hydrogens (primary N) is 1. The number of nitrogens with zero attached hydrogens (tertiary/aromatic N) is 1. The van der Waals surface area contributed by atoms with Gasteiger partial charge in [0.2, 0.25) is 10.0 Å². The maximum absolute atomic E-state index is 12.5. The topological polar surface area (TPSA) is 85.1 Å². The Balaban J connectivity index is 2.29. The fourth-order valence-electron chi connectivity index (χ4n) is 1.79. The van der Waals surface area contributed by atoms with Crippen LogP contribution in [-0.2, 0) is 10.0 Å². The second-order valence-corrected chi connectivity index (χ2v) is 7.42. The monoisotopic (exact) mass is 341 g/mol. The van der Waals surface area contributed by atoms with Crippen LogP contribution in [0, 0.1) is 0 Å². The number of nitrogens with one attached hydrogen (secondary N) is 1. The van der Waals surface area contributed by atoms with Gasteiger partial charge < -0.3 is 5.73 Å². The highest BCUT2D eigenvalue weighted by molar-refractivity contribution is 7.89. The molecule has 0 aliphatic rings. The minimum absolute atomic E-state index is 0.141. The molecule has 0 saturated heterocycles. The first-order valence-electron chi connectivity index (χ1n) is 6.25. The van der Waals surface area contributed by atoms with Gasteiger partial charge in [-0.15, -0.1) is 11.3 Å². The van der Waals surface area contributed by atoms with Crippen molar-refractivity contribution < 1.29 is 8.42 Å². The lowest BCUT2D eigenvalue weighted by Crippen LogP contribution is -2.28. The summed E-state index contributed by atoms with van der Waals surface area (Å²) in [5.41, 5.74) is 6.06. The Morgan fingerprint density at radius 2 is 2.29 bits per heavy atom. The molecule has 8 heteroatoms. The number of hydrogen-bond acceptors (Lipinski definition) is 5. The second kappa shape index (κ2) is 6.61. The van der Waals surface area contributed by atoms with Gasteiger partial charge in [0.25, 0.3) is 0 Å². The maximum atomic E-state index is 12.5. The highest BCUT2D eigenvalue weighted by Crippen LogP contribution is 2.22. The van der Waals surface area contributed by atoms with Gasteiger partial charge in [-0.25, -0.2) is 18.1 Å². The van der Waals surface area contributed by atoms with Crippen LogP contribution in [0.1, 0.15) is 30.0 Å². The van der Waals surface area contributed by atoms with Gasteiger partial charge in [-0.3, -0.25) is 0 Å². The smallest absolute Gasteiger partial charge is 0.241 e. The van der Waals surface area contributed by atoms with Crippen molar-refractivity contribution >= 4 is 38.6 Å². The number of thiocarbonyl (C=S) groups is 1. The third-order valence-electron chi connectivity index (χ3n) is 2.88. The van der Waals surface area contributed by atoms with E-state index in [0.29, 0.717) is 12.0 Å². The molecule has 0 spiro atoms. The lowest BCUT2D eigenvalue weighted by atomic mass is 10.2. The highest BCUT2D eigenvalue weighted by atomic mass is 32.2. The molecule has 1 aromatic heterocycles. The molecule has 2 rings (SSSR count). The lowest BCUT2D eigenvalue weighted by molar-refractivity contribution is 0.549. The summed E-state index contributed by atoms with van der Waals surface area (Å²) < 4.78 is 27.6. The van der Waals surface area contributed by atoms with E-state index in [0.717, 1.165) is 5.01 Å². The minimum Gasteiger partial charge on any atom is -0.389 e. The molecule has 1 atom stereocenters. The number of benzene rings is 1. The van der Waals surface area contributed by atoms with Gasteiger partial charge in [0.15, 0.2) is 0 Å². The molecule has 1 heterocycles. The SMILES string of the molecule is CCC(NS(=O)(=O)c1cccc(C(N)=S)c1)c1nccs1. The van der Waals surface area contributed by atoms with Crippen LogP contribution < -0.4 is 10.5 Å². The van der Waals surface area contributed by atoms with Gasteiger partial charge in [0.05, 0.1) is 10.9 Å². The van der Waals surface area contributed by atoms with Crippen LogP contribution in [0.3, 0.4) is 0 Å². The van der Waals surface area contributed by atoms with E-state index in [1.165, 1.54) is 23.5 Å². The third-order valence-corrected chi connectivity index (χ3v) is 5.48. The molecule has 5 nitrogen and oxygen atoms in total. The van der Waals surface area contributed by atoms with E-state index in [9.17, 15) is 8.42 Å². The van der Waals surface area contributed by atoms with Crippen LogP contribution in [0.4, 0.5) is 0 Å². The average Bonchev–Trinajstić information content (AvgIpc) is 2.99. The molecule has 0 aliphatic heterocycles. The van der Waals surface area contributed by atoms with Crippen molar-refractivity contribution in [3.8, 4) is 0 Å². The van der Waals surface area contributed by atoms with E-state index in [2.05, 4.69) is 9.71 Å². The third kappa shape index (κ3) is 3.85. The molecule has 3 N–H and O–H groups in total. The summed E-state index contributed by atoms with van der Waals surface area (Å²) in [4.78, 5) is 4.47. The second-order valence-electron chi connectivity index (χ2n) is 4.34. The number of rotatable bonds is 6. The minimum atomic E-state index is -3.65. The molecule has 1 aromatic carbocycles. The molecule has 2 aromatic rings. The Morgan fingerprint density at radius 3 is 2.86 bits per heavy atom. The summed E-state index contributed by atoms with van der Waals surface area (Å²) in [5.74, 6) is 0. The molecule has 1 unspecified atom stereocenters. The molecule has 21 heavy (non-hydrogen) atoms. The molecule has 0 radical (unpaired) electrons. The fourth-order valence-corrected chi connectivity index (χ4v) is 4.09. The molecule has 0 fully saturated rings. The van der Waals surface area contributed by atoms with E-state index in [1.54, 1.807) is 18.3 Å². The number of hydrogen-bond donors (Lipinski definition) is 2. The predicted octanol–water partition coefficient (Wildman–Crippen LogP) is 2.21. The van der Waals surface area contributed by atoms with Crippen LogP contribution in [0.2, 0.25) is 0 Å². The van der Waals surface area contributed by atoms with Gasteiger partial charge in [-0.05, 0) is 18.6 Å². The summed E-state index contributed by atoms with van der Waals surface area (Å²) in [7, 11) is -3.65. The van der Waals surface area contributed by atoms with Crippen molar-refractivity contribution in [2.24, 2.45) is 5.73 Å². The van der Waals surface area contributed by atoms with E-state index in [1.807, 2.05) is 12.3 Å². The van der Waals surface area contributed by atoms with Crippen LogP contribution in [0.5, 0.6) is 0 Å². The quantitative estimate of drug-likeness (QED) is 0.787. The Labute approximate surface area is 133 Å². The van der Waals surface area contributed by atoms with Gasteiger partial charge in [-0.1, -0.05) is 31.3 Å². The highest BCUT2D eigenvalue weighted by Gasteiger charge is 2.22. The van der Waals surface area contributed by atoms with Crippen LogP contribution >= 0.6 is 23.6 Å². The molecule has 0 saturated carbocycles. The summed E-state index contributed by atoms with van der Waals surface area (Å²) in [6.07, 6.45) is 2.27. The van der Waals surface area contributed by atoms with Crippen LogP contribution in [0.25, 0.3) is 0 Å². The first-order chi connectivity index (χ1) is 9.94. The predicted molar refractivity (Wildman–Crippen MR) is 87.8 cm³/mol. The van der Waals surface area contributed by atoms with Crippen molar-refractivity contribution in [3.63, 3.8) is 0 Å². The van der Waals surface area contributed by atoms with Crippen molar-refractivity contribution in [2.45, 2.75) is 24.3 Å². The Morgan fingerprint density at radius 1 is 1.52 bits per heavy atom. The van der Waals surface area contributed by atoms with E-state index in [4.69, 9.17) is 18.0 Å². The molecule has 112 valence electrons.